The third kappa shape index (κ3) is 18.6. The van der Waals surface area contributed by atoms with Crippen molar-refractivity contribution in [2.24, 2.45) is 0 Å². The number of ether oxygens (including phenoxy) is 3. The molecule has 80 valence electrons. The van der Waals surface area contributed by atoms with Crippen LogP contribution in [0.2, 0.25) is 0 Å². The van der Waals surface area contributed by atoms with Crippen LogP contribution in [0, 0.1) is 0 Å². The molecule has 1 aliphatic rings. The van der Waals surface area contributed by atoms with Gasteiger partial charge >= 0.3 is 0 Å². The molecule has 0 radical (unpaired) electrons. The number of epoxide rings is 1. The molecule has 1 heterocycles. The molecule has 0 spiro atoms. The van der Waals surface area contributed by atoms with Crippen LogP contribution in [0.25, 0.3) is 0 Å². The number of aliphatic hydroxyl groups excluding tert-OH is 2. The van der Waals surface area contributed by atoms with E-state index in [0.29, 0.717) is 26.4 Å². The van der Waals surface area contributed by atoms with Crippen molar-refractivity contribution in [3.05, 3.63) is 0 Å². The minimum absolute atomic E-state index is 0.0417. The van der Waals surface area contributed by atoms with Crippen LogP contribution in [0.15, 0.2) is 0 Å². The van der Waals surface area contributed by atoms with Crippen molar-refractivity contribution in [2.75, 3.05) is 52.9 Å². The van der Waals surface area contributed by atoms with Gasteiger partial charge in [-0.05, 0) is 0 Å². The SMILES string of the molecule is C1CO1.OCCOCCOCCO. The molecule has 0 atom stereocenters. The highest BCUT2D eigenvalue weighted by Crippen LogP contribution is 1.84. The van der Waals surface area contributed by atoms with Crippen molar-refractivity contribution in [2.45, 2.75) is 0 Å². The maximum Gasteiger partial charge on any atom is 0.0701 e. The molecule has 0 aromatic carbocycles. The fourth-order valence-electron chi connectivity index (χ4n) is 0.451. The molecule has 1 saturated heterocycles. The molecule has 0 aliphatic carbocycles. The summed E-state index contributed by atoms with van der Waals surface area (Å²) in [5.41, 5.74) is 0. The van der Waals surface area contributed by atoms with Crippen LogP contribution in [-0.4, -0.2) is 63.1 Å². The predicted octanol–water partition coefficient (Wildman–Crippen LogP) is -0.979. The van der Waals surface area contributed by atoms with Crippen molar-refractivity contribution < 1.29 is 24.4 Å². The molecule has 13 heavy (non-hydrogen) atoms. The number of aliphatic hydroxyl groups is 2. The first-order chi connectivity index (χ1) is 6.41. The van der Waals surface area contributed by atoms with E-state index >= 15 is 0 Å². The minimum atomic E-state index is 0.0417. The summed E-state index contributed by atoms with van der Waals surface area (Å²) in [4.78, 5) is 0. The van der Waals surface area contributed by atoms with E-state index in [1.165, 1.54) is 0 Å². The second-order valence-corrected chi connectivity index (χ2v) is 2.28. The van der Waals surface area contributed by atoms with E-state index in [-0.39, 0.29) is 13.2 Å². The highest BCUT2D eigenvalue weighted by Gasteiger charge is 1.94. The average Bonchev–Trinajstić information content (AvgIpc) is 2.98. The zero-order valence-electron chi connectivity index (χ0n) is 7.78. The highest BCUT2D eigenvalue weighted by molar-refractivity contribution is 4.36. The minimum Gasteiger partial charge on any atom is -0.394 e. The van der Waals surface area contributed by atoms with E-state index < -0.39 is 0 Å². The molecule has 1 fully saturated rings. The highest BCUT2D eigenvalue weighted by atomic mass is 16.6. The average molecular weight is 194 g/mol. The lowest BCUT2D eigenvalue weighted by atomic mass is 10.7. The normalized spacial score (nSPS) is 13.4. The van der Waals surface area contributed by atoms with Gasteiger partial charge in [0.25, 0.3) is 0 Å². The summed E-state index contributed by atoms with van der Waals surface area (Å²) in [6.07, 6.45) is 0. The largest absolute Gasteiger partial charge is 0.394 e. The van der Waals surface area contributed by atoms with Gasteiger partial charge in [0.2, 0.25) is 0 Å². The van der Waals surface area contributed by atoms with E-state index in [1.807, 2.05) is 0 Å². The Morgan fingerprint density at radius 2 is 1.23 bits per heavy atom. The summed E-state index contributed by atoms with van der Waals surface area (Å²) in [6.45, 7) is 3.73. The quantitative estimate of drug-likeness (QED) is 0.402. The smallest absolute Gasteiger partial charge is 0.0701 e. The van der Waals surface area contributed by atoms with Gasteiger partial charge in [0, 0.05) is 0 Å². The predicted molar refractivity (Wildman–Crippen MR) is 46.6 cm³/mol. The Bertz CT molecular complexity index is 75.8. The zero-order chi connectivity index (χ0) is 9.78. The molecule has 0 saturated carbocycles. The second kappa shape index (κ2) is 11.8. The zero-order valence-corrected chi connectivity index (χ0v) is 7.78. The number of hydrogen-bond acceptors (Lipinski definition) is 5. The molecule has 1 aliphatic heterocycles. The Labute approximate surface area is 78.2 Å². The van der Waals surface area contributed by atoms with Gasteiger partial charge < -0.3 is 24.4 Å². The summed E-state index contributed by atoms with van der Waals surface area (Å²) in [7, 11) is 0. The van der Waals surface area contributed by atoms with Gasteiger partial charge in [-0.3, -0.25) is 0 Å². The van der Waals surface area contributed by atoms with Crippen LogP contribution in [0.1, 0.15) is 0 Å². The van der Waals surface area contributed by atoms with Crippen molar-refractivity contribution in [1.82, 2.24) is 0 Å². The molecule has 1 rings (SSSR count). The third-order valence-electron chi connectivity index (χ3n) is 1.05. The summed E-state index contributed by atoms with van der Waals surface area (Å²) in [5, 5.41) is 16.5. The van der Waals surface area contributed by atoms with Crippen molar-refractivity contribution in [3.63, 3.8) is 0 Å². The third-order valence-corrected chi connectivity index (χ3v) is 1.05. The molecular weight excluding hydrogens is 176 g/mol. The molecule has 5 heteroatoms. The molecule has 5 nitrogen and oxygen atoms in total. The molecule has 0 unspecified atom stereocenters. The van der Waals surface area contributed by atoms with Crippen LogP contribution < -0.4 is 0 Å². The first-order valence-electron chi connectivity index (χ1n) is 4.36. The van der Waals surface area contributed by atoms with Gasteiger partial charge in [0.05, 0.1) is 52.9 Å². The van der Waals surface area contributed by atoms with Gasteiger partial charge in [0.1, 0.15) is 0 Å². The molecule has 0 amide bonds. The van der Waals surface area contributed by atoms with E-state index in [9.17, 15) is 0 Å². The van der Waals surface area contributed by atoms with E-state index in [4.69, 9.17) is 19.7 Å². The monoisotopic (exact) mass is 194 g/mol. The van der Waals surface area contributed by atoms with E-state index in [0.717, 1.165) is 13.2 Å². The molecule has 0 aromatic rings. The first kappa shape index (κ1) is 12.8. The molecular formula is C8H18O5. The Kier molecular flexibility index (Phi) is 11.6. The lowest BCUT2D eigenvalue weighted by molar-refractivity contribution is 0.0222. The van der Waals surface area contributed by atoms with Crippen LogP contribution in [0.5, 0.6) is 0 Å². The van der Waals surface area contributed by atoms with Gasteiger partial charge in [-0.1, -0.05) is 0 Å². The number of rotatable bonds is 7. The summed E-state index contributed by atoms with van der Waals surface area (Å²) in [5.74, 6) is 0. The fraction of sp³-hybridized carbons (Fsp3) is 1.00. The van der Waals surface area contributed by atoms with E-state index in [2.05, 4.69) is 4.74 Å². The molecule has 2 N–H and O–H groups in total. The Balaban J connectivity index is 0.000000396. The lowest BCUT2D eigenvalue weighted by Gasteiger charge is -2.01. The van der Waals surface area contributed by atoms with Crippen LogP contribution >= 0.6 is 0 Å². The van der Waals surface area contributed by atoms with Crippen LogP contribution in [0.3, 0.4) is 0 Å². The second-order valence-electron chi connectivity index (χ2n) is 2.28. The summed E-state index contributed by atoms with van der Waals surface area (Å²) < 4.78 is 14.2. The van der Waals surface area contributed by atoms with Crippen molar-refractivity contribution >= 4 is 0 Å². The van der Waals surface area contributed by atoms with Crippen molar-refractivity contribution in [3.8, 4) is 0 Å². The number of hydrogen-bond donors (Lipinski definition) is 2. The van der Waals surface area contributed by atoms with Crippen LogP contribution in [-0.2, 0) is 14.2 Å². The Hall–Kier alpha value is -0.200. The maximum absolute atomic E-state index is 8.26. The summed E-state index contributed by atoms with van der Waals surface area (Å²) >= 11 is 0. The Morgan fingerprint density at radius 3 is 1.46 bits per heavy atom. The standard InChI is InChI=1S/C6H14O4.C2H4O/c7-1-3-9-5-6-10-4-2-8;1-2-3-1/h7-8H,1-6H2;1-2H2. The maximum atomic E-state index is 8.26. The Morgan fingerprint density at radius 1 is 0.846 bits per heavy atom. The first-order valence-corrected chi connectivity index (χ1v) is 4.36. The molecule has 0 bridgehead atoms. The summed E-state index contributed by atoms with van der Waals surface area (Å²) in [6, 6.07) is 0. The van der Waals surface area contributed by atoms with Crippen LogP contribution in [0.4, 0.5) is 0 Å². The fourth-order valence-corrected chi connectivity index (χ4v) is 0.451. The topological polar surface area (TPSA) is 71.5 Å². The molecule has 0 aromatic heterocycles. The van der Waals surface area contributed by atoms with Gasteiger partial charge in [-0.25, -0.2) is 0 Å². The van der Waals surface area contributed by atoms with Gasteiger partial charge in [-0.15, -0.1) is 0 Å². The van der Waals surface area contributed by atoms with Gasteiger partial charge in [0.15, 0.2) is 0 Å². The lowest BCUT2D eigenvalue weighted by Crippen LogP contribution is -2.09. The van der Waals surface area contributed by atoms with Crippen molar-refractivity contribution in [1.29, 1.82) is 0 Å². The van der Waals surface area contributed by atoms with Gasteiger partial charge in [-0.2, -0.15) is 0 Å². The van der Waals surface area contributed by atoms with E-state index in [1.54, 1.807) is 0 Å².